The lowest BCUT2D eigenvalue weighted by Gasteiger charge is -2.28. The summed E-state index contributed by atoms with van der Waals surface area (Å²) < 4.78 is 42.8. The van der Waals surface area contributed by atoms with Crippen LogP contribution in [0.25, 0.3) is 0 Å². The van der Waals surface area contributed by atoms with Gasteiger partial charge in [-0.2, -0.15) is 4.31 Å². The third kappa shape index (κ3) is 5.29. The summed E-state index contributed by atoms with van der Waals surface area (Å²) in [5, 5.41) is 2.76. The Bertz CT molecular complexity index is 1040. The minimum Gasteiger partial charge on any atom is -0.497 e. The second kappa shape index (κ2) is 10.0. The van der Waals surface area contributed by atoms with E-state index in [2.05, 4.69) is 5.32 Å². The molecule has 168 valence electrons. The molecular formula is C22H28N2O6S. The van der Waals surface area contributed by atoms with Gasteiger partial charge in [-0.05, 0) is 48.2 Å². The van der Waals surface area contributed by atoms with Crippen LogP contribution in [0.4, 0.5) is 0 Å². The molecule has 9 heteroatoms. The van der Waals surface area contributed by atoms with Gasteiger partial charge in [-0.25, -0.2) is 8.42 Å². The number of ether oxygens (including phenoxy) is 3. The number of fused-ring (bicyclic) bond motifs is 1. The highest BCUT2D eigenvalue weighted by atomic mass is 32.2. The highest BCUT2D eigenvalue weighted by Gasteiger charge is 2.26. The number of hydrogen-bond acceptors (Lipinski definition) is 6. The van der Waals surface area contributed by atoms with Crippen molar-refractivity contribution in [2.24, 2.45) is 0 Å². The quantitative estimate of drug-likeness (QED) is 0.591. The summed E-state index contributed by atoms with van der Waals surface area (Å²) >= 11 is 0. The maximum absolute atomic E-state index is 12.8. The lowest BCUT2D eigenvalue weighted by atomic mass is 10.0. The van der Waals surface area contributed by atoms with Gasteiger partial charge in [-0.1, -0.05) is 12.1 Å². The maximum atomic E-state index is 12.8. The van der Waals surface area contributed by atoms with E-state index >= 15 is 0 Å². The Kier molecular flexibility index (Phi) is 7.40. The molecule has 3 rings (SSSR count). The third-order valence-electron chi connectivity index (χ3n) is 5.30. The molecule has 0 atom stereocenters. The fourth-order valence-corrected chi connectivity index (χ4v) is 5.09. The van der Waals surface area contributed by atoms with Crippen molar-refractivity contribution in [3.05, 3.63) is 53.1 Å². The minimum atomic E-state index is -3.42. The average molecular weight is 449 g/mol. The first kappa shape index (κ1) is 22.9. The topological polar surface area (TPSA) is 94.2 Å². The van der Waals surface area contributed by atoms with Gasteiger partial charge in [0.25, 0.3) is 5.91 Å². The number of carbonyl (C=O) groups is 1. The lowest BCUT2D eigenvalue weighted by molar-refractivity contribution is 0.0950. The molecule has 0 saturated heterocycles. The van der Waals surface area contributed by atoms with Crippen molar-refractivity contribution in [1.29, 1.82) is 0 Å². The Hall–Kier alpha value is -2.78. The smallest absolute Gasteiger partial charge is 0.255 e. The second-order valence-electron chi connectivity index (χ2n) is 7.18. The molecule has 0 unspecified atom stereocenters. The summed E-state index contributed by atoms with van der Waals surface area (Å²) in [6.07, 6.45) is 0.963. The molecule has 1 amide bonds. The normalized spacial score (nSPS) is 13.9. The number of carbonyl (C=O) groups excluding carboxylic acids is 1. The zero-order valence-corrected chi connectivity index (χ0v) is 18.8. The molecule has 31 heavy (non-hydrogen) atoms. The first-order valence-electron chi connectivity index (χ1n) is 10.0. The van der Waals surface area contributed by atoms with Crippen molar-refractivity contribution in [3.8, 4) is 17.2 Å². The summed E-state index contributed by atoms with van der Waals surface area (Å²) in [6.45, 7) is 1.03. The van der Waals surface area contributed by atoms with Gasteiger partial charge in [-0.3, -0.25) is 4.79 Å². The number of sulfonamides is 1. The van der Waals surface area contributed by atoms with Gasteiger partial charge in [0.05, 0.1) is 32.6 Å². The summed E-state index contributed by atoms with van der Waals surface area (Å²) in [6, 6.07) is 10.8. The lowest BCUT2D eigenvalue weighted by Crippen LogP contribution is -2.38. The number of benzene rings is 2. The van der Waals surface area contributed by atoms with E-state index in [-0.39, 0.29) is 18.2 Å². The van der Waals surface area contributed by atoms with Crippen molar-refractivity contribution < 1.29 is 27.4 Å². The summed E-state index contributed by atoms with van der Waals surface area (Å²) in [7, 11) is 1.16. The van der Waals surface area contributed by atoms with Gasteiger partial charge in [0, 0.05) is 19.6 Å². The van der Waals surface area contributed by atoms with E-state index in [1.54, 1.807) is 25.3 Å². The average Bonchev–Trinajstić information content (AvgIpc) is 2.80. The predicted molar refractivity (Wildman–Crippen MR) is 117 cm³/mol. The third-order valence-corrected chi connectivity index (χ3v) is 7.20. The van der Waals surface area contributed by atoms with Gasteiger partial charge in [0.15, 0.2) is 11.5 Å². The molecule has 1 heterocycles. The van der Waals surface area contributed by atoms with Crippen molar-refractivity contribution in [2.75, 3.05) is 40.2 Å². The molecular weight excluding hydrogens is 420 g/mol. The van der Waals surface area contributed by atoms with Crippen LogP contribution in [0.3, 0.4) is 0 Å². The van der Waals surface area contributed by atoms with Crippen molar-refractivity contribution >= 4 is 15.9 Å². The number of nitrogens with one attached hydrogen (secondary N) is 1. The fraction of sp³-hybridized carbons (Fsp3) is 0.409. The van der Waals surface area contributed by atoms with Gasteiger partial charge in [-0.15, -0.1) is 0 Å². The van der Waals surface area contributed by atoms with Crippen LogP contribution in [0.2, 0.25) is 0 Å². The molecule has 1 N–H and O–H groups in total. The van der Waals surface area contributed by atoms with Gasteiger partial charge in [0.1, 0.15) is 5.75 Å². The maximum Gasteiger partial charge on any atom is 0.255 e. The monoisotopic (exact) mass is 448 g/mol. The molecule has 0 aromatic heterocycles. The number of hydrogen-bond donors (Lipinski definition) is 1. The SMILES string of the molecule is COc1ccc2c(c1)CCN(S(=O)(=O)CCCNC(=O)c1cccc(OC)c1OC)C2. The molecule has 1 aliphatic heterocycles. The molecule has 1 aliphatic rings. The van der Waals surface area contributed by atoms with Crippen molar-refractivity contribution in [2.45, 2.75) is 19.4 Å². The van der Waals surface area contributed by atoms with E-state index in [0.717, 1.165) is 16.9 Å². The van der Waals surface area contributed by atoms with Crippen LogP contribution in [-0.4, -0.2) is 58.8 Å². The fourth-order valence-electron chi connectivity index (χ4n) is 3.61. The molecule has 0 saturated carbocycles. The van der Waals surface area contributed by atoms with Crippen LogP contribution < -0.4 is 19.5 Å². The van der Waals surface area contributed by atoms with Crippen LogP contribution >= 0.6 is 0 Å². The Morgan fingerprint density at radius 3 is 2.58 bits per heavy atom. The number of methoxy groups -OCH3 is 3. The number of para-hydroxylation sites is 1. The van der Waals surface area contributed by atoms with Crippen LogP contribution in [0.5, 0.6) is 17.2 Å². The Morgan fingerprint density at radius 1 is 1.06 bits per heavy atom. The van der Waals surface area contributed by atoms with Gasteiger partial charge < -0.3 is 19.5 Å². The van der Waals surface area contributed by atoms with E-state index in [1.807, 2.05) is 18.2 Å². The Balaban J connectivity index is 1.54. The first-order valence-corrected chi connectivity index (χ1v) is 11.6. The van der Waals surface area contributed by atoms with Gasteiger partial charge >= 0.3 is 0 Å². The van der Waals surface area contributed by atoms with Crippen LogP contribution in [0.15, 0.2) is 36.4 Å². The molecule has 0 radical (unpaired) electrons. The van der Waals surface area contributed by atoms with Crippen molar-refractivity contribution in [1.82, 2.24) is 9.62 Å². The molecule has 0 bridgehead atoms. The standard InChI is InChI=1S/C22H28N2O6S/c1-28-18-9-8-17-15-24(12-10-16(17)14-18)31(26,27)13-5-11-23-22(25)19-6-4-7-20(29-2)21(19)30-3/h4,6-9,14H,5,10-13,15H2,1-3H3,(H,23,25). The molecule has 2 aromatic carbocycles. The molecule has 0 spiro atoms. The van der Waals surface area contributed by atoms with E-state index in [1.165, 1.54) is 18.5 Å². The van der Waals surface area contributed by atoms with E-state index in [0.29, 0.717) is 43.0 Å². The predicted octanol–water partition coefficient (Wildman–Crippen LogP) is 2.22. The number of rotatable bonds is 9. The summed E-state index contributed by atoms with van der Waals surface area (Å²) in [5.41, 5.74) is 2.45. The molecule has 8 nitrogen and oxygen atoms in total. The molecule has 2 aromatic rings. The van der Waals surface area contributed by atoms with Crippen LogP contribution in [0, 0.1) is 0 Å². The molecule has 0 aliphatic carbocycles. The van der Waals surface area contributed by atoms with E-state index in [9.17, 15) is 13.2 Å². The van der Waals surface area contributed by atoms with E-state index < -0.39 is 10.0 Å². The number of nitrogens with zero attached hydrogens (tertiary/aromatic N) is 1. The molecule has 0 fully saturated rings. The Morgan fingerprint density at radius 2 is 1.87 bits per heavy atom. The summed E-state index contributed by atoms with van der Waals surface area (Å²) in [4.78, 5) is 12.5. The summed E-state index contributed by atoms with van der Waals surface area (Å²) in [5.74, 6) is 1.21. The largest absolute Gasteiger partial charge is 0.497 e. The van der Waals surface area contributed by atoms with E-state index in [4.69, 9.17) is 14.2 Å². The highest BCUT2D eigenvalue weighted by molar-refractivity contribution is 7.89. The second-order valence-corrected chi connectivity index (χ2v) is 9.27. The zero-order chi connectivity index (χ0) is 22.4. The zero-order valence-electron chi connectivity index (χ0n) is 18.0. The van der Waals surface area contributed by atoms with Gasteiger partial charge in [0.2, 0.25) is 10.0 Å². The Labute approximate surface area is 183 Å². The minimum absolute atomic E-state index is 0.0337. The van der Waals surface area contributed by atoms with Crippen molar-refractivity contribution in [3.63, 3.8) is 0 Å². The van der Waals surface area contributed by atoms with Crippen LogP contribution in [-0.2, 0) is 23.0 Å². The number of amides is 1. The first-order chi connectivity index (χ1) is 14.9. The highest BCUT2D eigenvalue weighted by Crippen LogP contribution is 2.30. The van der Waals surface area contributed by atoms with Crippen LogP contribution in [0.1, 0.15) is 27.9 Å².